The van der Waals surface area contributed by atoms with Gasteiger partial charge in [0.2, 0.25) is 5.91 Å². The molecule has 0 spiro atoms. The molecule has 0 radical (unpaired) electrons. The van der Waals surface area contributed by atoms with Crippen LogP contribution in [0, 0.1) is 5.92 Å². The lowest BCUT2D eigenvalue weighted by Gasteiger charge is -2.00. The van der Waals surface area contributed by atoms with Gasteiger partial charge in [0.05, 0.1) is 6.21 Å². The minimum atomic E-state index is -0.0258. The maximum absolute atomic E-state index is 12.0. The van der Waals surface area contributed by atoms with Crippen molar-refractivity contribution in [2.45, 2.75) is 12.3 Å². The number of nitrogens with zero attached hydrogens (tertiary/aromatic N) is 1. The van der Waals surface area contributed by atoms with Crippen molar-refractivity contribution in [2.24, 2.45) is 11.0 Å². The minimum absolute atomic E-state index is 0.0258. The Balaban J connectivity index is 1.54. The van der Waals surface area contributed by atoms with Crippen molar-refractivity contribution < 1.29 is 4.79 Å². The van der Waals surface area contributed by atoms with Crippen LogP contribution in [0.15, 0.2) is 59.7 Å². The molecule has 21 heavy (non-hydrogen) atoms. The Bertz CT molecular complexity index is 670. The van der Waals surface area contributed by atoms with Crippen LogP contribution >= 0.6 is 11.6 Å². The average Bonchev–Trinajstić information content (AvgIpc) is 3.29. The maximum atomic E-state index is 12.0. The fourth-order valence-corrected chi connectivity index (χ4v) is 2.59. The van der Waals surface area contributed by atoms with Crippen molar-refractivity contribution >= 4 is 23.7 Å². The van der Waals surface area contributed by atoms with E-state index in [1.165, 1.54) is 5.56 Å². The molecule has 0 saturated heterocycles. The van der Waals surface area contributed by atoms with Gasteiger partial charge in [-0.05, 0) is 35.6 Å². The molecule has 1 amide bonds. The largest absolute Gasteiger partial charge is 0.273 e. The fraction of sp³-hybridized carbons (Fsp3) is 0.176. The third-order valence-electron chi connectivity index (χ3n) is 3.59. The summed E-state index contributed by atoms with van der Waals surface area (Å²) < 4.78 is 0. The zero-order valence-corrected chi connectivity index (χ0v) is 12.1. The molecule has 2 aromatic rings. The van der Waals surface area contributed by atoms with Crippen LogP contribution in [0.2, 0.25) is 5.02 Å². The zero-order chi connectivity index (χ0) is 14.7. The number of carbonyl (C=O) groups excluding carboxylic acids is 1. The Morgan fingerprint density at radius 1 is 1.19 bits per heavy atom. The molecule has 1 N–H and O–H groups in total. The van der Waals surface area contributed by atoms with Crippen LogP contribution in [0.3, 0.4) is 0 Å². The number of carbonyl (C=O) groups is 1. The Kier molecular flexibility index (Phi) is 4.02. The Hall–Kier alpha value is -2.13. The van der Waals surface area contributed by atoms with Gasteiger partial charge in [-0.2, -0.15) is 5.10 Å². The van der Waals surface area contributed by atoms with Crippen molar-refractivity contribution in [1.29, 1.82) is 0 Å². The van der Waals surface area contributed by atoms with Crippen LogP contribution in [0.4, 0.5) is 0 Å². The Labute approximate surface area is 128 Å². The second-order valence-electron chi connectivity index (χ2n) is 5.15. The highest BCUT2D eigenvalue weighted by Gasteiger charge is 2.43. The highest BCUT2D eigenvalue weighted by atomic mass is 35.5. The molecule has 3 rings (SSSR count). The molecular weight excluding hydrogens is 284 g/mol. The Morgan fingerprint density at radius 2 is 2.00 bits per heavy atom. The minimum Gasteiger partial charge on any atom is -0.273 e. The normalized spacial score (nSPS) is 20.4. The van der Waals surface area contributed by atoms with Gasteiger partial charge < -0.3 is 0 Å². The molecule has 3 nitrogen and oxygen atoms in total. The SMILES string of the molecule is O=C(N/N=C/c1cccc(Cl)c1)[C@@H]1C[C@@H]1c1ccccc1. The first-order valence-electron chi connectivity index (χ1n) is 6.87. The zero-order valence-electron chi connectivity index (χ0n) is 11.4. The third kappa shape index (κ3) is 3.50. The summed E-state index contributed by atoms with van der Waals surface area (Å²) in [5.74, 6) is 0.332. The molecule has 106 valence electrons. The first kappa shape index (κ1) is 13.8. The van der Waals surface area contributed by atoms with Crippen molar-refractivity contribution in [3.8, 4) is 0 Å². The van der Waals surface area contributed by atoms with Gasteiger partial charge >= 0.3 is 0 Å². The summed E-state index contributed by atoms with van der Waals surface area (Å²) in [6.45, 7) is 0. The summed E-state index contributed by atoms with van der Waals surface area (Å²) in [7, 11) is 0. The van der Waals surface area contributed by atoms with Crippen molar-refractivity contribution in [3.63, 3.8) is 0 Å². The highest BCUT2D eigenvalue weighted by molar-refractivity contribution is 6.30. The molecule has 1 aliphatic carbocycles. The summed E-state index contributed by atoms with van der Waals surface area (Å²) >= 11 is 5.88. The molecule has 1 saturated carbocycles. The van der Waals surface area contributed by atoms with E-state index >= 15 is 0 Å². The lowest BCUT2D eigenvalue weighted by Crippen LogP contribution is -2.20. The topological polar surface area (TPSA) is 41.5 Å². The van der Waals surface area contributed by atoms with E-state index in [4.69, 9.17) is 11.6 Å². The van der Waals surface area contributed by atoms with E-state index in [2.05, 4.69) is 22.7 Å². The lowest BCUT2D eigenvalue weighted by atomic mass is 10.1. The molecule has 2 aromatic carbocycles. The van der Waals surface area contributed by atoms with E-state index in [0.717, 1.165) is 12.0 Å². The van der Waals surface area contributed by atoms with Crippen LogP contribution in [-0.4, -0.2) is 12.1 Å². The van der Waals surface area contributed by atoms with Crippen molar-refractivity contribution in [1.82, 2.24) is 5.43 Å². The number of amides is 1. The van der Waals surface area contributed by atoms with Gasteiger partial charge in [-0.1, -0.05) is 54.1 Å². The fourth-order valence-electron chi connectivity index (χ4n) is 2.39. The number of hydrazone groups is 1. The summed E-state index contributed by atoms with van der Waals surface area (Å²) in [6, 6.07) is 17.4. The first-order chi connectivity index (χ1) is 10.2. The van der Waals surface area contributed by atoms with E-state index in [9.17, 15) is 4.79 Å². The summed E-state index contributed by atoms with van der Waals surface area (Å²) in [5, 5.41) is 4.64. The van der Waals surface area contributed by atoms with Crippen LogP contribution in [-0.2, 0) is 4.79 Å². The highest BCUT2D eigenvalue weighted by Crippen LogP contribution is 2.47. The summed E-state index contributed by atoms with van der Waals surface area (Å²) in [4.78, 5) is 12.0. The van der Waals surface area contributed by atoms with E-state index < -0.39 is 0 Å². The van der Waals surface area contributed by atoms with E-state index in [0.29, 0.717) is 10.9 Å². The van der Waals surface area contributed by atoms with Crippen LogP contribution in [0.25, 0.3) is 0 Å². The molecule has 2 atom stereocenters. The number of nitrogens with one attached hydrogen (secondary N) is 1. The van der Waals surface area contributed by atoms with Gasteiger partial charge in [-0.15, -0.1) is 0 Å². The molecule has 0 unspecified atom stereocenters. The van der Waals surface area contributed by atoms with Gasteiger partial charge in [-0.25, -0.2) is 5.43 Å². The van der Waals surface area contributed by atoms with Crippen LogP contribution < -0.4 is 5.43 Å². The number of benzene rings is 2. The monoisotopic (exact) mass is 298 g/mol. The predicted molar refractivity (Wildman–Crippen MR) is 84.5 cm³/mol. The molecular formula is C17H15ClN2O. The average molecular weight is 299 g/mol. The summed E-state index contributed by atoms with van der Waals surface area (Å²) in [5.41, 5.74) is 4.68. The Morgan fingerprint density at radius 3 is 2.76 bits per heavy atom. The van der Waals surface area contributed by atoms with Gasteiger partial charge in [0.25, 0.3) is 0 Å². The lowest BCUT2D eigenvalue weighted by molar-refractivity contribution is -0.122. The maximum Gasteiger partial charge on any atom is 0.243 e. The van der Waals surface area contributed by atoms with E-state index in [1.807, 2.05) is 30.3 Å². The third-order valence-corrected chi connectivity index (χ3v) is 3.83. The number of hydrogen-bond acceptors (Lipinski definition) is 2. The standard InChI is InChI=1S/C17H15ClN2O/c18-14-8-4-5-12(9-14)11-19-20-17(21)16-10-15(16)13-6-2-1-3-7-13/h1-9,11,15-16H,10H2,(H,20,21)/b19-11+/t15-,16-/m1/s1. The molecule has 1 aliphatic rings. The van der Waals surface area contributed by atoms with Gasteiger partial charge in [-0.3, -0.25) is 4.79 Å². The van der Waals surface area contributed by atoms with Crippen molar-refractivity contribution in [3.05, 3.63) is 70.7 Å². The molecule has 4 heteroatoms. The van der Waals surface area contributed by atoms with Gasteiger partial charge in [0.15, 0.2) is 0 Å². The molecule has 0 bridgehead atoms. The van der Waals surface area contributed by atoms with Crippen LogP contribution in [0.1, 0.15) is 23.5 Å². The smallest absolute Gasteiger partial charge is 0.243 e. The number of hydrogen-bond donors (Lipinski definition) is 1. The second kappa shape index (κ2) is 6.10. The molecule has 0 heterocycles. The van der Waals surface area contributed by atoms with Gasteiger partial charge in [0.1, 0.15) is 0 Å². The quantitative estimate of drug-likeness (QED) is 0.680. The van der Waals surface area contributed by atoms with Crippen LogP contribution in [0.5, 0.6) is 0 Å². The first-order valence-corrected chi connectivity index (χ1v) is 7.25. The predicted octanol–water partition coefficient (Wildman–Crippen LogP) is 3.59. The second-order valence-corrected chi connectivity index (χ2v) is 5.59. The van der Waals surface area contributed by atoms with E-state index in [1.54, 1.807) is 18.3 Å². The van der Waals surface area contributed by atoms with Gasteiger partial charge in [0, 0.05) is 10.9 Å². The molecule has 0 aromatic heterocycles. The van der Waals surface area contributed by atoms with Crippen molar-refractivity contribution in [2.75, 3.05) is 0 Å². The number of rotatable bonds is 4. The molecule has 1 fully saturated rings. The summed E-state index contributed by atoms with van der Waals surface area (Å²) in [6.07, 6.45) is 2.49. The number of halogens is 1. The molecule has 0 aliphatic heterocycles. The van der Waals surface area contributed by atoms with E-state index in [-0.39, 0.29) is 11.8 Å².